The Balaban J connectivity index is 2.07. The fourth-order valence-electron chi connectivity index (χ4n) is 2.89. The number of aldehydes is 1. The van der Waals surface area contributed by atoms with Gasteiger partial charge in [0.25, 0.3) is 0 Å². The van der Waals surface area contributed by atoms with Crippen molar-refractivity contribution in [2.24, 2.45) is 0 Å². The Morgan fingerprint density at radius 2 is 2.05 bits per heavy atom. The zero-order chi connectivity index (χ0) is 13.9. The molecule has 1 saturated heterocycles. The summed E-state index contributed by atoms with van der Waals surface area (Å²) in [6.07, 6.45) is 7.55. The number of carbonyl (C=O) groups excluding carboxylic acids is 1. The van der Waals surface area contributed by atoms with Crippen LogP contribution < -0.4 is 4.90 Å². The van der Waals surface area contributed by atoms with Gasteiger partial charge in [-0.2, -0.15) is 0 Å². The van der Waals surface area contributed by atoms with E-state index in [9.17, 15) is 4.79 Å². The van der Waals surface area contributed by atoms with Crippen molar-refractivity contribution in [3.05, 3.63) is 42.0 Å². The Bertz CT molecular complexity index is 638. The predicted octanol–water partition coefficient (Wildman–Crippen LogP) is 4.43. The van der Waals surface area contributed by atoms with E-state index in [0.29, 0.717) is 0 Å². The minimum Gasteiger partial charge on any atom is -0.363 e. The van der Waals surface area contributed by atoms with Crippen molar-refractivity contribution in [1.29, 1.82) is 0 Å². The SMILES string of the molecule is C=CCc1ccc2sc(N3CCCCC3)c(C=O)c2c1. The number of allylic oxidation sites excluding steroid dienone is 1. The lowest BCUT2D eigenvalue weighted by atomic mass is 10.1. The third kappa shape index (κ3) is 2.38. The molecule has 1 fully saturated rings. The van der Waals surface area contributed by atoms with E-state index >= 15 is 0 Å². The van der Waals surface area contributed by atoms with Crippen LogP contribution in [0.2, 0.25) is 0 Å². The lowest BCUT2D eigenvalue weighted by molar-refractivity contribution is 0.112. The second-order valence-corrected chi connectivity index (χ2v) is 6.34. The zero-order valence-electron chi connectivity index (χ0n) is 11.6. The van der Waals surface area contributed by atoms with Crippen LogP contribution in [0, 0.1) is 0 Å². The molecule has 2 aromatic rings. The first kappa shape index (κ1) is 13.4. The van der Waals surface area contributed by atoms with E-state index in [2.05, 4.69) is 29.7 Å². The summed E-state index contributed by atoms with van der Waals surface area (Å²) in [6, 6.07) is 6.42. The summed E-state index contributed by atoms with van der Waals surface area (Å²) in [5.41, 5.74) is 2.09. The molecule has 1 aromatic carbocycles. The van der Waals surface area contributed by atoms with Gasteiger partial charge in [-0.05, 0) is 43.4 Å². The van der Waals surface area contributed by atoms with E-state index < -0.39 is 0 Å². The van der Waals surface area contributed by atoms with Gasteiger partial charge in [-0.25, -0.2) is 0 Å². The number of benzene rings is 1. The first-order chi connectivity index (χ1) is 9.83. The highest BCUT2D eigenvalue weighted by molar-refractivity contribution is 7.23. The van der Waals surface area contributed by atoms with Gasteiger partial charge < -0.3 is 4.90 Å². The summed E-state index contributed by atoms with van der Waals surface area (Å²) >= 11 is 1.75. The molecule has 20 heavy (non-hydrogen) atoms. The second kappa shape index (κ2) is 5.80. The van der Waals surface area contributed by atoms with Crippen LogP contribution in [0.15, 0.2) is 30.9 Å². The van der Waals surface area contributed by atoms with Crippen molar-refractivity contribution in [2.75, 3.05) is 18.0 Å². The van der Waals surface area contributed by atoms with Crippen molar-refractivity contribution >= 4 is 32.7 Å². The van der Waals surface area contributed by atoms with Gasteiger partial charge in [0.2, 0.25) is 0 Å². The van der Waals surface area contributed by atoms with E-state index in [4.69, 9.17) is 0 Å². The number of anilines is 1. The molecule has 0 spiro atoms. The highest BCUT2D eigenvalue weighted by Crippen LogP contribution is 2.38. The van der Waals surface area contributed by atoms with Crippen molar-refractivity contribution in [3.63, 3.8) is 0 Å². The highest BCUT2D eigenvalue weighted by Gasteiger charge is 2.19. The Morgan fingerprint density at radius 1 is 1.25 bits per heavy atom. The molecule has 1 aromatic heterocycles. The molecule has 0 saturated carbocycles. The van der Waals surface area contributed by atoms with Crippen LogP contribution in [-0.2, 0) is 6.42 Å². The molecule has 0 radical (unpaired) electrons. The molecule has 104 valence electrons. The number of rotatable bonds is 4. The first-order valence-electron chi connectivity index (χ1n) is 7.20. The maximum absolute atomic E-state index is 11.6. The van der Waals surface area contributed by atoms with E-state index in [0.717, 1.165) is 41.7 Å². The Labute approximate surface area is 123 Å². The van der Waals surface area contributed by atoms with Gasteiger partial charge in [0, 0.05) is 23.2 Å². The minimum absolute atomic E-state index is 0.850. The van der Waals surface area contributed by atoms with E-state index in [1.165, 1.54) is 29.5 Å². The van der Waals surface area contributed by atoms with Crippen molar-refractivity contribution in [1.82, 2.24) is 0 Å². The number of thiophene rings is 1. The molecule has 3 heteroatoms. The third-order valence-corrected chi connectivity index (χ3v) is 5.16. The average molecular weight is 285 g/mol. The van der Waals surface area contributed by atoms with Crippen LogP contribution in [0.1, 0.15) is 35.2 Å². The maximum Gasteiger partial charge on any atom is 0.153 e. The topological polar surface area (TPSA) is 20.3 Å². The molecule has 3 rings (SSSR count). The minimum atomic E-state index is 0.850. The van der Waals surface area contributed by atoms with E-state index in [1.807, 2.05) is 6.08 Å². The standard InChI is InChI=1S/C17H19NOS/c1-2-6-13-7-8-16-14(11-13)15(12-19)17(20-16)18-9-4-3-5-10-18/h2,7-8,11-12H,1,3-6,9-10H2. The lowest BCUT2D eigenvalue weighted by Crippen LogP contribution is -2.29. The molecule has 0 bridgehead atoms. The van der Waals surface area contributed by atoms with Crippen molar-refractivity contribution in [3.8, 4) is 0 Å². The fourth-order valence-corrected chi connectivity index (χ4v) is 4.09. The Hall–Kier alpha value is -1.61. The fraction of sp³-hybridized carbons (Fsp3) is 0.353. The smallest absolute Gasteiger partial charge is 0.153 e. The Kier molecular flexibility index (Phi) is 3.88. The largest absolute Gasteiger partial charge is 0.363 e. The van der Waals surface area contributed by atoms with Crippen LogP contribution >= 0.6 is 11.3 Å². The van der Waals surface area contributed by atoms with Crippen molar-refractivity contribution in [2.45, 2.75) is 25.7 Å². The molecule has 0 atom stereocenters. The van der Waals surface area contributed by atoms with Crippen LogP contribution in [0.25, 0.3) is 10.1 Å². The molecule has 2 heterocycles. The molecule has 1 aliphatic rings. The monoisotopic (exact) mass is 285 g/mol. The molecule has 0 unspecified atom stereocenters. The van der Waals surface area contributed by atoms with Gasteiger partial charge in [-0.15, -0.1) is 17.9 Å². The molecule has 0 aliphatic carbocycles. The van der Waals surface area contributed by atoms with E-state index in [-0.39, 0.29) is 0 Å². The Morgan fingerprint density at radius 3 is 2.75 bits per heavy atom. The van der Waals surface area contributed by atoms with Crippen LogP contribution in [0.5, 0.6) is 0 Å². The summed E-state index contributed by atoms with van der Waals surface area (Å²) in [5, 5.41) is 2.26. The number of fused-ring (bicyclic) bond motifs is 1. The van der Waals surface area contributed by atoms with Gasteiger partial charge >= 0.3 is 0 Å². The van der Waals surface area contributed by atoms with Crippen molar-refractivity contribution < 1.29 is 4.79 Å². The van der Waals surface area contributed by atoms with Crippen LogP contribution in [0.4, 0.5) is 5.00 Å². The molecule has 0 N–H and O–H groups in total. The first-order valence-corrected chi connectivity index (χ1v) is 8.01. The van der Waals surface area contributed by atoms with E-state index in [1.54, 1.807) is 11.3 Å². The van der Waals surface area contributed by atoms with Crippen LogP contribution in [-0.4, -0.2) is 19.4 Å². The normalized spacial score (nSPS) is 15.5. The zero-order valence-corrected chi connectivity index (χ0v) is 12.4. The summed E-state index contributed by atoms with van der Waals surface area (Å²) in [7, 11) is 0. The lowest BCUT2D eigenvalue weighted by Gasteiger charge is -2.27. The predicted molar refractivity (Wildman–Crippen MR) is 87.2 cm³/mol. The summed E-state index contributed by atoms with van der Waals surface area (Å²) in [4.78, 5) is 14.0. The van der Waals surface area contributed by atoms with Gasteiger partial charge in [0.1, 0.15) is 5.00 Å². The maximum atomic E-state index is 11.6. The highest BCUT2D eigenvalue weighted by atomic mass is 32.1. The number of piperidine rings is 1. The molecular formula is C17H19NOS. The summed E-state index contributed by atoms with van der Waals surface area (Å²) in [6.45, 7) is 5.94. The van der Waals surface area contributed by atoms with Gasteiger partial charge in [0.15, 0.2) is 6.29 Å². The average Bonchev–Trinajstić information content (AvgIpc) is 2.86. The quantitative estimate of drug-likeness (QED) is 0.611. The summed E-state index contributed by atoms with van der Waals surface area (Å²) in [5.74, 6) is 0. The molecular weight excluding hydrogens is 266 g/mol. The van der Waals surface area contributed by atoms with Gasteiger partial charge in [-0.3, -0.25) is 4.79 Å². The number of hydrogen-bond acceptors (Lipinski definition) is 3. The van der Waals surface area contributed by atoms with Gasteiger partial charge in [0.05, 0.1) is 5.56 Å². The molecule has 1 aliphatic heterocycles. The second-order valence-electron chi connectivity index (χ2n) is 5.31. The van der Waals surface area contributed by atoms with Gasteiger partial charge in [-0.1, -0.05) is 12.1 Å². The van der Waals surface area contributed by atoms with Crippen LogP contribution in [0.3, 0.4) is 0 Å². The molecule has 0 amide bonds. The number of carbonyl (C=O) groups is 1. The molecule has 2 nitrogen and oxygen atoms in total. The number of hydrogen-bond donors (Lipinski definition) is 0. The third-order valence-electron chi connectivity index (χ3n) is 3.91. The summed E-state index contributed by atoms with van der Waals surface area (Å²) < 4.78 is 1.21. The number of nitrogens with zero attached hydrogens (tertiary/aromatic N) is 1.